The average molecular weight is 509 g/mol. The van der Waals surface area contributed by atoms with Crippen molar-refractivity contribution in [3.8, 4) is 11.5 Å². The fourth-order valence-corrected chi connectivity index (χ4v) is 6.65. The molecule has 1 aromatic rings. The highest BCUT2D eigenvalue weighted by atomic mass is 32.2. The fraction of sp³-hybridized carbons (Fsp3) is 0.720. The van der Waals surface area contributed by atoms with Gasteiger partial charge in [0.25, 0.3) is 5.91 Å². The first-order chi connectivity index (χ1) is 16.8. The highest BCUT2D eigenvalue weighted by Gasteiger charge is 2.29. The monoisotopic (exact) mass is 508 g/mol. The first-order valence-corrected chi connectivity index (χ1v) is 14.5. The third-order valence-electron chi connectivity index (χ3n) is 7.59. The van der Waals surface area contributed by atoms with Crippen molar-refractivity contribution >= 4 is 15.9 Å². The zero-order chi connectivity index (χ0) is 24.8. The van der Waals surface area contributed by atoms with Crippen molar-refractivity contribution in [2.75, 3.05) is 72.3 Å². The van der Waals surface area contributed by atoms with Crippen LogP contribution in [0.15, 0.2) is 18.2 Å². The Labute approximate surface area is 209 Å². The Bertz CT molecular complexity index is 957. The average Bonchev–Trinajstić information content (AvgIpc) is 2.87. The Morgan fingerprint density at radius 1 is 1.09 bits per heavy atom. The Balaban J connectivity index is 1.15. The minimum absolute atomic E-state index is 0.127. The van der Waals surface area contributed by atoms with E-state index in [9.17, 15) is 13.2 Å². The molecule has 196 valence electrons. The number of nitrogens with one attached hydrogen (secondary N) is 1. The van der Waals surface area contributed by atoms with E-state index in [2.05, 4.69) is 22.2 Å². The van der Waals surface area contributed by atoms with Gasteiger partial charge in [-0.15, -0.1) is 0 Å². The van der Waals surface area contributed by atoms with Gasteiger partial charge in [-0.1, -0.05) is 6.07 Å². The summed E-state index contributed by atoms with van der Waals surface area (Å²) in [4.78, 5) is 17.3. The normalized spacial score (nSPS) is 20.8. The molecule has 3 aliphatic heterocycles. The number of para-hydroxylation sites is 1. The predicted molar refractivity (Wildman–Crippen MR) is 136 cm³/mol. The number of carbonyl (C=O) groups excluding carboxylic acids is 1. The molecule has 0 aromatic heterocycles. The number of likely N-dealkylation sites (tertiary alicyclic amines) is 2. The third kappa shape index (κ3) is 6.87. The summed E-state index contributed by atoms with van der Waals surface area (Å²) < 4.78 is 38.4. The Kier molecular flexibility index (Phi) is 8.91. The summed E-state index contributed by atoms with van der Waals surface area (Å²) >= 11 is 0. The predicted octanol–water partition coefficient (Wildman–Crippen LogP) is 1.65. The van der Waals surface area contributed by atoms with Gasteiger partial charge in [-0.2, -0.15) is 0 Å². The molecule has 1 amide bonds. The van der Waals surface area contributed by atoms with Crippen LogP contribution >= 0.6 is 0 Å². The number of fused-ring (bicyclic) bond motifs is 1. The molecular weight excluding hydrogens is 468 g/mol. The second-order valence-electron chi connectivity index (χ2n) is 10.0. The van der Waals surface area contributed by atoms with Crippen molar-refractivity contribution in [2.45, 2.75) is 38.1 Å². The van der Waals surface area contributed by atoms with Crippen molar-refractivity contribution < 1.29 is 22.7 Å². The van der Waals surface area contributed by atoms with Crippen molar-refractivity contribution in [2.24, 2.45) is 5.92 Å². The van der Waals surface area contributed by atoms with E-state index in [-0.39, 0.29) is 17.7 Å². The highest BCUT2D eigenvalue weighted by Crippen LogP contribution is 2.33. The van der Waals surface area contributed by atoms with Gasteiger partial charge < -0.3 is 24.6 Å². The maximum Gasteiger partial charge on any atom is 0.255 e. The standard InChI is InChI=1S/C25H40N4O5S/c1-27-12-9-21(10-13-27)28(2)35(31,32)18-4-11-29-14-7-20(8-15-29)19-26-25(30)22-5-3-6-23-24(22)34-17-16-33-23/h3,5-6,20-21H,4,7-19H2,1-2H3,(H,26,30). The van der Waals surface area contributed by atoms with E-state index in [1.165, 1.54) is 0 Å². The van der Waals surface area contributed by atoms with Gasteiger partial charge in [0.1, 0.15) is 13.2 Å². The van der Waals surface area contributed by atoms with E-state index in [1.54, 1.807) is 17.4 Å². The number of benzene rings is 1. The molecule has 0 aliphatic carbocycles. The SMILES string of the molecule is CN1CCC(N(C)S(=O)(=O)CCCN2CCC(CNC(=O)c3cccc4c3OCCO4)CC2)CC1. The molecule has 1 aromatic carbocycles. The third-order valence-corrected chi connectivity index (χ3v) is 9.57. The van der Waals surface area contributed by atoms with E-state index in [1.807, 2.05) is 12.1 Å². The second kappa shape index (κ2) is 11.9. The summed E-state index contributed by atoms with van der Waals surface area (Å²) in [6.07, 6.45) is 4.46. The minimum Gasteiger partial charge on any atom is -0.486 e. The molecule has 2 saturated heterocycles. The van der Waals surface area contributed by atoms with Crippen molar-refractivity contribution in [3.63, 3.8) is 0 Å². The van der Waals surface area contributed by atoms with E-state index < -0.39 is 10.0 Å². The Morgan fingerprint density at radius 3 is 2.54 bits per heavy atom. The van der Waals surface area contributed by atoms with Gasteiger partial charge in [-0.25, -0.2) is 12.7 Å². The fourth-order valence-electron chi connectivity index (χ4n) is 5.20. The topological polar surface area (TPSA) is 91.4 Å². The van der Waals surface area contributed by atoms with Crippen LogP contribution in [0.2, 0.25) is 0 Å². The van der Waals surface area contributed by atoms with E-state index in [0.717, 1.165) is 58.4 Å². The molecule has 3 aliphatic rings. The van der Waals surface area contributed by atoms with Gasteiger partial charge in [0.05, 0.1) is 11.3 Å². The summed E-state index contributed by atoms with van der Waals surface area (Å²) in [5, 5.41) is 3.06. The molecule has 0 saturated carbocycles. The maximum absolute atomic E-state index is 12.8. The van der Waals surface area contributed by atoms with Crippen LogP contribution in [-0.2, 0) is 10.0 Å². The van der Waals surface area contributed by atoms with Crippen molar-refractivity contribution in [3.05, 3.63) is 23.8 Å². The van der Waals surface area contributed by atoms with Crippen LogP contribution in [0.4, 0.5) is 0 Å². The van der Waals surface area contributed by atoms with Gasteiger partial charge in [0, 0.05) is 19.6 Å². The number of nitrogens with zero attached hydrogens (tertiary/aromatic N) is 3. The molecule has 0 bridgehead atoms. The minimum atomic E-state index is -3.22. The number of hydrogen-bond donors (Lipinski definition) is 1. The number of piperidine rings is 2. The Hall–Kier alpha value is -1.88. The first-order valence-electron chi connectivity index (χ1n) is 12.9. The van der Waals surface area contributed by atoms with Crippen molar-refractivity contribution in [1.29, 1.82) is 0 Å². The summed E-state index contributed by atoms with van der Waals surface area (Å²) in [5.74, 6) is 1.65. The molecular formula is C25H40N4O5S. The summed E-state index contributed by atoms with van der Waals surface area (Å²) in [5.41, 5.74) is 0.520. The molecule has 4 rings (SSSR count). The molecule has 35 heavy (non-hydrogen) atoms. The van der Waals surface area contributed by atoms with Crippen molar-refractivity contribution in [1.82, 2.24) is 19.4 Å². The smallest absolute Gasteiger partial charge is 0.255 e. The molecule has 0 spiro atoms. The highest BCUT2D eigenvalue weighted by molar-refractivity contribution is 7.89. The Morgan fingerprint density at radius 2 is 1.80 bits per heavy atom. The zero-order valence-corrected chi connectivity index (χ0v) is 21.9. The summed E-state index contributed by atoms with van der Waals surface area (Å²) in [7, 11) is 0.612. The number of hydrogen-bond acceptors (Lipinski definition) is 7. The van der Waals surface area contributed by atoms with Crippen LogP contribution in [0, 0.1) is 5.92 Å². The first kappa shape index (κ1) is 26.2. The lowest BCUT2D eigenvalue weighted by atomic mass is 9.96. The molecule has 10 heteroatoms. The quantitative estimate of drug-likeness (QED) is 0.542. The van der Waals surface area contributed by atoms with Crippen LogP contribution in [0.25, 0.3) is 0 Å². The number of sulfonamides is 1. The largest absolute Gasteiger partial charge is 0.486 e. The molecule has 2 fully saturated rings. The van der Waals surface area contributed by atoms with E-state index >= 15 is 0 Å². The van der Waals surface area contributed by atoms with Crippen LogP contribution in [0.1, 0.15) is 42.5 Å². The molecule has 0 radical (unpaired) electrons. The van der Waals surface area contributed by atoms with Gasteiger partial charge >= 0.3 is 0 Å². The molecule has 3 heterocycles. The second-order valence-corrected chi connectivity index (χ2v) is 12.2. The van der Waals surface area contributed by atoms with E-state index in [0.29, 0.717) is 49.2 Å². The van der Waals surface area contributed by atoms with Crippen LogP contribution in [0.3, 0.4) is 0 Å². The molecule has 0 unspecified atom stereocenters. The number of ether oxygens (including phenoxy) is 2. The van der Waals surface area contributed by atoms with Crippen LogP contribution in [-0.4, -0.2) is 107 Å². The number of rotatable bonds is 9. The summed E-state index contributed by atoms with van der Waals surface area (Å²) in [6.45, 7) is 6.15. The number of amides is 1. The van der Waals surface area contributed by atoms with Gasteiger partial charge in [0.15, 0.2) is 11.5 Å². The number of carbonyl (C=O) groups is 1. The van der Waals surface area contributed by atoms with Crippen LogP contribution < -0.4 is 14.8 Å². The lowest BCUT2D eigenvalue weighted by Crippen LogP contribution is -2.45. The van der Waals surface area contributed by atoms with Gasteiger partial charge in [-0.3, -0.25) is 4.79 Å². The van der Waals surface area contributed by atoms with Gasteiger partial charge in [0.2, 0.25) is 10.0 Å². The zero-order valence-electron chi connectivity index (χ0n) is 21.1. The lowest BCUT2D eigenvalue weighted by molar-refractivity contribution is 0.0925. The lowest BCUT2D eigenvalue weighted by Gasteiger charge is -2.35. The summed E-state index contributed by atoms with van der Waals surface area (Å²) in [6, 6.07) is 5.53. The van der Waals surface area contributed by atoms with Gasteiger partial charge in [-0.05, 0) is 89.9 Å². The van der Waals surface area contributed by atoms with E-state index in [4.69, 9.17) is 9.47 Å². The van der Waals surface area contributed by atoms with Crippen LogP contribution in [0.5, 0.6) is 11.5 Å². The molecule has 1 N–H and O–H groups in total. The molecule has 9 nitrogen and oxygen atoms in total. The molecule has 0 atom stereocenters. The maximum atomic E-state index is 12.8.